The second-order valence-corrected chi connectivity index (χ2v) is 4.73. The second kappa shape index (κ2) is 5.77. The highest BCUT2D eigenvalue weighted by Gasteiger charge is 2.15. The van der Waals surface area contributed by atoms with E-state index in [0.29, 0.717) is 24.9 Å². The number of hydrogen-bond donors (Lipinski definition) is 1. The van der Waals surface area contributed by atoms with Gasteiger partial charge < -0.3 is 10.0 Å². The zero-order chi connectivity index (χ0) is 12.9. The van der Waals surface area contributed by atoms with Crippen LogP contribution in [0.2, 0.25) is 0 Å². The van der Waals surface area contributed by atoms with E-state index in [2.05, 4.69) is 0 Å². The first kappa shape index (κ1) is 13.6. The molecular formula is C13H18FNO2. The minimum absolute atomic E-state index is 0.228. The smallest absolute Gasteiger partial charge is 0.210 e. The highest BCUT2D eigenvalue weighted by Crippen LogP contribution is 2.12. The van der Waals surface area contributed by atoms with Crippen LogP contribution in [0.15, 0.2) is 24.3 Å². The molecule has 0 saturated heterocycles. The Morgan fingerprint density at radius 3 is 2.59 bits per heavy atom. The van der Waals surface area contributed by atoms with Crippen LogP contribution in [0, 0.1) is 5.82 Å². The van der Waals surface area contributed by atoms with Crippen molar-refractivity contribution in [1.29, 1.82) is 0 Å². The van der Waals surface area contributed by atoms with Gasteiger partial charge in [-0.05, 0) is 26.3 Å². The van der Waals surface area contributed by atoms with Gasteiger partial charge in [0.25, 0.3) is 0 Å². The summed E-state index contributed by atoms with van der Waals surface area (Å²) >= 11 is 0. The number of carbonyl (C=O) groups excluding carboxylic acids is 1. The van der Waals surface area contributed by atoms with Gasteiger partial charge in [0.2, 0.25) is 6.41 Å². The normalized spacial score (nSPS) is 11.3. The molecule has 4 heteroatoms. The first-order valence-electron chi connectivity index (χ1n) is 5.57. The molecule has 1 amide bonds. The predicted octanol–water partition coefficient (Wildman–Crippen LogP) is 1.95. The third-order valence-corrected chi connectivity index (χ3v) is 2.49. The average Bonchev–Trinajstić information content (AvgIpc) is 2.25. The molecule has 17 heavy (non-hydrogen) atoms. The molecule has 0 radical (unpaired) electrons. The molecule has 3 nitrogen and oxygen atoms in total. The maximum atomic E-state index is 13.4. The Bertz CT molecular complexity index is 374. The van der Waals surface area contributed by atoms with Crippen LogP contribution in [-0.2, 0) is 11.3 Å². The lowest BCUT2D eigenvalue weighted by Crippen LogP contribution is -2.30. The van der Waals surface area contributed by atoms with Crippen molar-refractivity contribution in [1.82, 2.24) is 4.90 Å². The van der Waals surface area contributed by atoms with Gasteiger partial charge in [-0.2, -0.15) is 0 Å². The molecule has 0 aliphatic carbocycles. The van der Waals surface area contributed by atoms with Crippen molar-refractivity contribution < 1.29 is 14.3 Å². The fourth-order valence-electron chi connectivity index (χ4n) is 1.43. The number of carbonyl (C=O) groups is 1. The zero-order valence-corrected chi connectivity index (χ0v) is 10.2. The summed E-state index contributed by atoms with van der Waals surface area (Å²) in [5.74, 6) is -0.317. The number of amides is 1. The van der Waals surface area contributed by atoms with Crippen LogP contribution < -0.4 is 0 Å². The summed E-state index contributed by atoms with van der Waals surface area (Å²) in [6.45, 7) is 3.99. The van der Waals surface area contributed by atoms with E-state index in [-0.39, 0.29) is 12.4 Å². The third kappa shape index (κ3) is 4.95. The maximum absolute atomic E-state index is 13.4. The van der Waals surface area contributed by atoms with Gasteiger partial charge in [-0.3, -0.25) is 4.79 Å². The van der Waals surface area contributed by atoms with Crippen molar-refractivity contribution in [3.63, 3.8) is 0 Å². The number of hydrogen-bond acceptors (Lipinski definition) is 2. The summed E-state index contributed by atoms with van der Waals surface area (Å²) in [4.78, 5) is 12.3. The molecule has 0 spiro atoms. The fraction of sp³-hybridized carbons (Fsp3) is 0.462. The van der Waals surface area contributed by atoms with E-state index in [9.17, 15) is 14.3 Å². The second-order valence-electron chi connectivity index (χ2n) is 4.73. The molecule has 0 aromatic heterocycles. The molecule has 1 rings (SSSR count). The molecule has 1 N–H and O–H groups in total. The van der Waals surface area contributed by atoms with Crippen LogP contribution in [0.25, 0.3) is 0 Å². The Hall–Kier alpha value is -1.42. The van der Waals surface area contributed by atoms with Crippen LogP contribution in [0.1, 0.15) is 25.8 Å². The predicted molar refractivity (Wildman–Crippen MR) is 63.8 cm³/mol. The standard InChI is InChI=1S/C13H18FNO2/c1-13(2,17)7-8-15(10-16)9-11-5-3-4-6-12(11)14/h3-6,10,17H,7-9H2,1-2H3. The fourth-order valence-corrected chi connectivity index (χ4v) is 1.43. The van der Waals surface area contributed by atoms with Crippen molar-refractivity contribution in [2.45, 2.75) is 32.4 Å². The number of rotatable bonds is 6. The summed E-state index contributed by atoms with van der Waals surface area (Å²) in [5, 5.41) is 9.57. The third-order valence-electron chi connectivity index (χ3n) is 2.49. The van der Waals surface area contributed by atoms with Gasteiger partial charge in [0, 0.05) is 18.7 Å². The molecule has 1 aromatic rings. The topological polar surface area (TPSA) is 40.5 Å². The van der Waals surface area contributed by atoms with Crippen LogP contribution in [0.4, 0.5) is 4.39 Å². The van der Waals surface area contributed by atoms with Gasteiger partial charge in [-0.25, -0.2) is 4.39 Å². The van der Waals surface area contributed by atoms with Crippen LogP contribution in [-0.4, -0.2) is 28.6 Å². The van der Waals surface area contributed by atoms with Gasteiger partial charge in [0.15, 0.2) is 0 Å². The Morgan fingerprint density at radius 2 is 2.06 bits per heavy atom. The van der Waals surface area contributed by atoms with E-state index in [1.807, 2.05) is 0 Å². The number of halogens is 1. The highest BCUT2D eigenvalue weighted by molar-refractivity contribution is 5.47. The summed E-state index contributed by atoms with van der Waals surface area (Å²) in [5.41, 5.74) is -0.341. The first-order chi connectivity index (χ1) is 7.92. The number of aliphatic hydroxyl groups is 1. The van der Waals surface area contributed by atoms with E-state index >= 15 is 0 Å². The molecule has 0 bridgehead atoms. The minimum Gasteiger partial charge on any atom is -0.390 e. The lowest BCUT2D eigenvalue weighted by molar-refractivity contribution is -0.119. The summed E-state index contributed by atoms with van der Waals surface area (Å²) < 4.78 is 13.4. The lowest BCUT2D eigenvalue weighted by Gasteiger charge is -2.23. The van der Waals surface area contributed by atoms with Crippen molar-refractivity contribution in [3.05, 3.63) is 35.6 Å². The Morgan fingerprint density at radius 1 is 1.41 bits per heavy atom. The van der Waals surface area contributed by atoms with E-state index in [1.54, 1.807) is 32.0 Å². The summed E-state index contributed by atoms with van der Waals surface area (Å²) in [7, 11) is 0. The summed E-state index contributed by atoms with van der Waals surface area (Å²) in [6, 6.07) is 6.36. The minimum atomic E-state index is -0.823. The van der Waals surface area contributed by atoms with Gasteiger partial charge in [-0.15, -0.1) is 0 Å². The van der Waals surface area contributed by atoms with E-state index < -0.39 is 5.60 Å². The van der Waals surface area contributed by atoms with Crippen molar-refractivity contribution >= 4 is 6.41 Å². The molecule has 0 aliphatic heterocycles. The van der Waals surface area contributed by atoms with E-state index in [4.69, 9.17) is 0 Å². The lowest BCUT2D eigenvalue weighted by atomic mass is 10.1. The molecule has 94 valence electrons. The highest BCUT2D eigenvalue weighted by atomic mass is 19.1. The largest absolute Gasteiger partial charge is 0.390 e. The van der Waals surface area contributed by atoms with Crippen LogP contribution in [0.5, 0.6) is 0 Å². The molecule has 0 fully saturated rings. The average molecular weight is 239 g/mol. The van der Waals surface area contributed by atoms with Crippen molar-refractivity contribution in [2.24, 2.45) is 0 Å². The molecule has 0 atom stereocenters. The van der Waals surface area contributed by atoms with Crippen molar-refractivity contribution in [2.75, 3.05) is 6.54 Å². The van der Waals surface area contributed by atoms with Gasteiger partial charge >= 0.3 is 0 Å². The molecular weight excluding hydrogens is 221 g/mol. The first-order valence-corrected chi connectivity index (χ1v) is 5.57. The monoisotopic (exact) mass is 239 g/mol. The van der Waals surface area contributed by atoms with Crippen LogP contribution in [0.3, 0.4) is 0 Å². The zero-order valence-electron chi connectivity index (χ0n) is 10.2. The van der Waals surface area contributed by atoms with Crippen molar-refractivity contribution in [3.8, 4) is 0 Å². The molecule has 0 aliphatic rings. The van der Waals surface area contributed by atoms with Gasteiger partial charge in [-0.1, -0.05) is 18.2 Å². The molecule has 0 saturated carbocycles. The molecule has 0 unspecified atom stereocenters. The molecule has 0 heterocycles. The Labute approximate surface area is 101 Å². The molecule has 1 aromatic carbocycles. The number of benzene rings is 1. The maximum Gasteiger partial charge on any atom is 0.210 e. The quantitative estimate of drug-likeness (QED) is 0.771. The van der Waals surface area contributed by atoms with Gasteiger partial charge in [0.1, 0.15) is 5.82 Å². The summed E-state index contributed by atoms with van der Waals surface area (Å²) in [6.07, 6.45) is 1.14. The van der Waals surface area contributed by atoms with Crippen LogP contribution >= 0.6 is 0 Å². The van der Waals surface area contributed by atoms with E-state index in [1.165, 1.54) is 11.0 Å². The Kier molecular flexibility index (Phi) is 4.63. The SMILES string of the molecule is CC(C)(O)CCN(C=O)Cc1ccccc1F. The number of nitrogens with zero attached hydrogens (tertiary/aromatic N) is 1. The van der Waals surface area contributed by atoms with Gasteiger partial charge in [0.05, 0.1) is 5.60 Å². The van der Waals surface area contributed by atoms with E-state index in [0.717, 1.165) is 0 Å². The Balaban J connectivity index is 2.59.